The van der Waals surface area contributed by atoms with Gasteiger partial charge in [0.2, 0.25) is 10.0 Å². The van der Waals surface area contributed by atoms with E-state index < -0.39 is 21.4 Å². The molecule has 1 aromatic carbocycles. The molecule has 0 aromatic heterocycles. The molecule has 0 saturated heterocycles. The van der Waals surface area contributed by atoms with Crippen molar-refractivity contribution >= 4 is 16.0 Å². The van der Waals surface area contributed by atoms with Gasteiger partial charge in [-0.1, -0.05) is 6.42 Å². The van der Waals surface area contributed by atoms with E-state index in [1.165, 1.54) is 19.2 Å². The molecule has 2 rings (SSSR count). The van der Waals surface area contributed by atoms with Crippen molar-refractivity contribution in [3.8, 4) is 5.75 Å². The number of rotatable bonds is 6. The molecule has 110 valence electrons. The van der Waals surface area contributed by atoms with E-state index in [4.69, 9.17) is 9.84 Å². The number of carbonyl (C=O) groups is 1. The average Bonchev–Trinajstić information content (AvgIpc) is 2.37. The van der Waals surface area contributed by atoms with Crippen LogP contribution in [0.1, 0.15) is 19.3 Å². The van der Waals surface area contributed by atoms with Gasteiger partial charge < -0.3 is 9.84 Å². The highest BCUT2D eigenvalue weighted by Crippen LogP contribution is 2.40. The standard InChI is InChI=1S/C13H17NO5S/c1-19-10-3-5-11(6-4-10)20(17,18)14-9-13(12(15)16)7-2-8-13/h3-6,14H,2,7-9H2,1H3,(H,15,16). The largest absolute Gasteiger partial charge is 0.497 e. The highest BCUT2D eigenvalue weighted by molar-refractivity contribution is 7.89. The summed E-state index contributed by atoms with van der Waals surface area (Å²) in [7, 11) is -2.20. The topological polar surface area (TPSA) is 92.7 Å². The Morgan fingerprint density at radius 2 is 1.95 bits per heavy atom. The maximum absolute atomic E-state index is 12.1. The SMILES string of the molecule is COc1ccc(S(=O)(=O)NCC2(C(=O)O)CCC2)cc1. The fourth-order valence-corrected chi connectivity index (χ4v) is 3.27. The summed E-state index contributed by atoms with van der Waals surface area (Å²) < 4.78 is 31.5. The molecule has 1 saturated carbocycles. The van der Waals surface area contributed by atoms with Crippen molar-refractivity contribution in [3.63, 3.8) is 0 Å². The average molecular weight is 299 g/mol. The van der Waals surface area contributed by atoms with Crippen LogP contribution in [0.25, 0.3) is 0 Å². The molecule has 6 nitrogen and oxygen atoms in total. The van der Waals surface area contributed by atoms with Crippen molar-refractivity contribution in [2.75, 3.05) is 13.7 Å². The van der Waals surface area contributed by atoms with Gasteiger partial charge in [-0.3, -0.25) is 4.79 Å². The molecule has 2 N–H and O–H groups in total. The number of nitrogens with one attached hydrogen (secondary N) is 1. The Kier molecular flexibility index (Phi) is 4.01. The van der Waals surface area contributed by atoms with Crippen LogP contribution >= 0.6 is 0 Å². The summed E-state index contributed by atoms with van der Waals surface area (Å²) in [6, 6.07) is 5.94. The van der Waals surface area contributed by atoms with Gasteiger partial charge in [0, 0.05) is 6.54 Å². The lowest BCUT2D eigenvalue weighted by Gasteiger charge is -2.37. The highest BCUT2D eigenvalue weighted by atomic mass is 32.2. The van der Waals surface area contributed by atoms with E-state index in [0.717, 1.165) is 6.42 Å². The van der Waals surface area contributed by atoms with Gasteiger partial charge in [-0.2, -0.15) is 0 Å². The fourth-order valence-electron chi connectivity index (χ4n) is 2.14. The zero-order chi connectivity index (χ0) is 14.8. The third-order valence-electron chi connectivity index (χ3n) is 3.73. The van der Waals surface area contributed by atoms with Gasteiger partial charge in [-0.25, -0.2) is 13.1 Å². The number of carboxylic acid groups (broad SMARTS) is 1. The van der Waals surface area contributed by atoms with Crippen LogP contribution in [0.15, 0.2) is 29.2 Å². The number of carboxylic acids is 1. The smallest absolute Gasteiger partial charge is 0.310 e. The Bertz CT molecular complexity index is 590. The number of aliphatic carboxylic acids is 1. The Morgan fingerprint density at radius 1 is 1.35 bits per heavy atom. The van der Waals surface area contributed by atoms with E-state index in [2.05, 4.69) is 4.72 Å². The van der Waals surface area contributed by atoms with E-state index in [1.54, 1.807) is 12.1 Å². The maximum Gasteiger partial charge on any atom is 0.310 e. The first kappa shape index (κ1) is 14.8. The third kappa shape index (κ3) is 2.78. The van der Waals surface area contributed by atoms with Crippen LogP contribution in [-0.2, 0) is 14.8 Å². The summed E-state index contributed by atoms with van der Waals surface area (Å²) in [6.07, 6.45) is 1.83. The van der Waals surface area contributed by atoms with E-state index in [0.29, 0.717) is 18.6 Å². The quantitative estimate of drug-likeness (QED) is 0.824. The summed E-state index contributed by atoms with van der Waals surface area (Å²) in [5.41, 5.74) is -0.945. The number of benzene rings is 1. The number of sulfonamides is 1. The molecule has 1 aromatic rings. The van der Waals surface area contributed by atoms with Crippen LogP contribution in [0.5, 0.6) is 5.75 Å². The van der Waals surface area contributed by atoms with E-state index in [1.807, 2.05) is 0 Å². The predicted molar refractivity (Wildman–Crippen MR) is 72.1 cm³/mol. The zero-order valence-corrected chi connectivity index (χ0v) is 11.9. The molecule has 0 aliphatic heterocycles. The van der Waals surface area contributed by atoms with Crippen LogP contribution in [-0.4, -0.2) is 33.1 Å². The fraction of sp³-hybridized carbons (Fsp3) is 0.462. The van der Waals surface area contributed by atoms with Crippen molar-refractivity contribution in [1.82, 2.24) is 4.72 Å². The molecule has 0 spiro atoms. The van der Waals surface area contributed by atoms with Gasteiger partial charge in [0.15, 0.2) is 0 Å². The van der Waals surface area contributed by atoms with Crippen molar-refractivity contribution < 1.29 is 23.1 Å². The molecule has 0 radical (unpaired) electrons. The van der Waals surface area contributed by atoms with Crippen molar-refractivity contribution in [2.45, 2.75) is 24.2 Å². The molecule has 7 heteroatoms. The normalized spacial score (nSPS) is 17.2. The van der Waals surface area contributed by atoms with Crippen LogP contribution in [0.4, 0.5) is 0 Å². The van der Waals surface area contributed by atoms with Crippen LogP contribution in [0, 0.1) is 5.41 Å². The molecule has 1 aliphatic carbocycles. The molecule has 20 heavy (non-hydrogen) atoms. The molecular formula is C13H17NO5S. The minimum atomic E-state index is -3.70. The minimum Gasteiger partial charge on any atom is -0.497 e. The zero-order valence-electron chi connectivity index (χ0n) is 11.1. The highest BCUT2D eigenvalue weighted by Gasteiger charge is 2.44. The Balaban J connectivity index is 2.09. The first-order chi connectivity index (χ1) is 9.39. The van der Waals surface area contributed by atoms with Crippen molar-refractivity contribution in [2.24, 2.45) is 5.41 Å². The Hall–Kier alpha value is -1.60. The van der Waals surface area contributed by atoms with Crippen molar-refractivity contribution in [1.29, 1.82) is 0 Å². The molecular weight excluding hydrogens is 282 g/mol. The monoisotopic (exact) mass is 299 g/mol. The lowest BCUT2D eigenvalue weighted by Crippen LogP contribution is -2.47. The number of ether oxygens (including phenoxy) is 1. The third-order valence-corrected chi connectivity index (χ3v) is 5.15. The van der Waals surface area contributed by atoms with Gasteiger partial charge >= 0.3 is 5.97 Å². The van der Waals surface area contributed by atoms with E-state index in [-0.39, 0.29) is 11.4 Å². The number of hydrogen-bond donors (Lipinski definition) is 2. The van der Waals surface area contributed by atoms with Gasteiger partial charge in [0.1, 0.15) is 5.75 Å². The summed E-state index contributed by atoms with van der Waals surface area (Å²) in [4.78, 5) is 11.3. The Morgan fingerprint density at radius 3 is 2.35 bits per heavy atom. The minimum absolute atomic E-state index is 0.0727. The summed E-state index contributed by atoms with van der Waals surface area (Å²) in [6.45, 7) is -0.0727. The van der Waals surface area contributed by atoms with Gasteiger partial charge in [-0.05, 0) is 37.1 Å². The summed E-state index contributed by atoms with van der Waals surface area (Å²) >= 11 is 0. The lowest BCUT2D eigenvalue weighted by atomic mass is 9.69. The molecule has 0 bridgehead atoms. The molecule has 0 heterocycles. The lowest BCUT2D eigenvalue weighted by molar-refractivity contribution is -0.153. The van der Waals surface area contributed by atoms with Crippen molar-refractivity contribution in [3.05, 3.63) is 24.3 Å². The van der Waals surface area contributed by atoms with Gasteiger partial charge in [0.05, 0.1) is 17.4 Å². The summed E-state index contributed by atoms with van der Waals surface area (Å²) in [5, 5.41) is 9.17. The second-order valence-corrected chi connectivity index (χ2v) is 6.71. The molecule has 1 aliphatic rings. The van der Waals surface area contributed by atoms with Crippen LogP contribution in [0.2, 0.25) is 0 Å². The Labute approximate surface area is 117 Å². The first-order valence-corrected chi connectivity index (χ1v) is 7.75. The van der Waals surface area contributed by atoms with Gasteiger partial charge in [0.25, 0.3) is 0 Å². The molecule has 0 atom stereocenters. The van der Waals surface area contributed by atoms with Gasteiger partial charge in [-0.15, -0.1) is 0 Å². The number of hydrogen-bond acceptors (Lipinski definition) is 4. The second kappa shape index (κ2) is 5.41. The van der Waals surface area contributed by atoms with E-state index in [9.17, 15) is 13.2 Å². The molecule has 0 amide bonds. The predicted octanol–water partition coefficient (Wildman–Crippen LogP) is 1.23. The van der Waals surface area contributed by atoms with E-state index >= 15 is 0 Å². The molecule has 0 unspecified atom stereocenters. The first-order valence-electron chi connectivity index (χ1n) is 6.27. The maximum atomic E-state index is 12.1. The van der Waals surface area contributed by atoms with Crippen LogP contribution < -0.4 is 9.46 Å². The second-order valence-electron chi connectivity index (χ2n) is 4.94. The molecule has 1 fully saturated rings. The summed E-state index contributed by atoms with van der Waals surface area (Å²) in [5.74, 6) is -0.383. The van der Waals surface area contributed by atoms with Crippen LogP contribution in [0.3, 0.4) is 0 Å². The number of methoxy groups -OCH3 is 1.